The third kappa shape index (κ3) is 3.58. The third-order valence-electron chi connectivity index (χ3n) is 5.18. The maximum absolute atomic E-state index is 11.6. The van der Waals surface area contributed by atoms with Crippen LogP contribution in [0.3, 0.4) is 0 Å². The Morgan fingerprint density at radius 1 is 1.27 bits per heavy atom. The van der Waals surface area contributed by atoms with Crippen molar-refractivity contribution < 1.29 is 14.1 Å². The minimum Gasteiger partial charge on any atom is -0.465 e. The Bertz CT molecular complexity index is 769. The number of piperazine rings is 1. The van der Waals surface area contributed by atoms with Crippen LogP contribution in [0.5, 0.6) is 0 Å². The van der Waals surface area contributed by atoms with Crippen LogP contribution in [0.1, 0.15) is 47.8 Å². The van der Waals surface area contributed by atoms with Gasteiger partial charge in [0.15, 0.2) is 5.82 Å². The van der Waals surface area contributed by atoms with Crippen molar-refractivity contribution in [1.29, 1.82) is 0 Å². The number of carbonyl (C=O) groups excluding carboxylic acids is 1. The average Bonchev–Trinajstić information content (AvgIpc) is 3.42. The van der Waals surface area contributed by atoms with Crippen molar-refractivity contribution >= 4 is 11.7 Å². The monoisotopic (exact) mass is 356 g/mol. The Balaban J connectivity index is 1.35. The van der Waals surface area contributed by atoms with Gasteiger partial charge in [-0.05, 0) is 44.0 Å². The van der Waals surface area contributed by atoms with Gasteiger partial charge in [0.25, 0.3) is 0 Å². The lowest BCUT2D eigenvalue weighted by molar-refractivity contribution is 0.0600. The molecule has 0 N–H and O–H groups in total. The SMILES string of the molecule is COC(=O)c1ccc(N2CCN(Cc3nc(C4CC4)no3)C(C)C2)cc1. The Morgan fingerprint density at radius 3 is 2.69 bits per heavy atom. The number of hydrogen-bond donors (Lipinski definition) is 0. The summed E-state index contributed by atoms with van der Waals surface area (Å²) >= 11 is 0. The first-order valence-corrected chi connectivity index (χ1v) is 9.14. The van der Waals surface area contributed by atoms with E-state index in [2.05, 4.69) is 26.9 Å². The van der Waals surface area contributed by atoms with Crippen molar-refractivity contribution in [3.05, 3.63) is 41.5 Å². The van der Waals surface area contributed by atoms with E-state index in [1.165, 1.54) is 20.0 Å². The molecule has 0 bridgehead atoms. The molecule has 1 saturated heterocycles. The molecule has 2 fully saturated rings. The van der Waals surface area contributed by atoms with Crippen LogP contribution in [0.2, 0.25) is 0 Å². The van der Waals surface area contributed by atoms with Gasteiger partial charge < -0.3 is 14.2 Å². The van der Waals surface area contributed by atoms with Gasteiger partial charge in [-0.3, -0.25) is 4.90 Å². The molecule has 0 spiro atoms. The van der Waals surface area contributed by atoms with Crippen LogP contribution in [0.15, 0.2) is 28.8 Å². The quantitative estimate of drug-likeness (QED) is 0.762. The van der Waals surface area contributed by atoms with Crippen LogP contribution in [-0.4, -0.2) is 53.8 Å². The summed E-state index contributed by atoms with van der Waals surface area (Å²) in [5.41, 5.74) is 1.70. The van der Waals surface area contributed by atoms with Crippen molar-refractivity contribution in [2.24, 2.45) is 0 Å². The number of nitrogens with zero attached hydrogens (tertiary/aromatic N) is 4. The molecule has 7 heteroatoms. The highest BCUT2D eigenvalue weighted by Gasteiger charge is 2.30. The molecule has 1 aliphatic carbocycles. The summed E-state index contributed by atoms with van der Waals surface area (Å²) in [6.07, 6.45) is 2.37. The molecule has 2 aliphatic rings. The number of ether oxygens (including phenoxy) is 1. The van der Waals surface area contributed by atoms with E-state index in [0.717, 1.165) is 37.0 Å². The minimum atomic E-state index is -0.306. The lowest BCUT2D eigenvalue weighted by Crippen LogP contribution is -2.51. The van der Waals surface area contributed by atoms with E-state index < -0.39 is 0 Å². The van der Waals surface area contributed by atoms with E-state index in [-0.39, 0.29) is 5.97 Å². The number of methoxy groups -OCH3 is 1. The van der Waals surface area contributed by atoms with E-state index in [1.54, 1.807) is 0 Å². The molecule has 1 aliphatic heterocycles. The molecule has 26 heavy (non-hydrogen) atoms. The standard InChI is InChI=1S/C19H24N4O3/c1-13-11-23(16-7-5-15(6-8-16)19(24)25-2)10-9-22(13)12-17-20-18(21-26-17)14-3-4-14/h5-8,13-14H,3-4,9-12H2,1-2H3. The fourth-order valence-electron chi connectivity index (χ4n) is 3.40. The second-order valence-corrected chi connectivity index (χ2v) is 7.12. The number of carbonyl (C=O) groups is 1. The number of hydrogen-bond acceptors (Lipinski definition) is 7. The summed E-state index contributed by atoms with van der Waals surface area (Å²) in [5, 5.41) is 4.10. The van der Waals surface area contributed by atoms with Crippen LogP contribution in [0.25, 0.3) is 0 Å². The zero-order valence-electron chi connectivity index (χ0n) is 15.2. The normalized spacial score (nSPS) is 21.0. The molecule has 4 rings (SSSR count). The second-order valence-electron chi connectivity index (χ2n) is 7.12. The summed E-state index contributed by atoms with van der Waals surface area (Å²) in [6.45, 7) is 5.69. The minimum absolute atomic E-state index is 0.306. The largest absolute Gasteiger partial charge is 0.465 e. The first kappa shape index (κ1) is 17.0. The summed E-state index contributed by atoms with van der Waals surface area (Å²) in [5.74, 6) is 1.81. The maximum Gasteiger partial charge on any atom is 0.337 e. The fourth-order valence-corrected chi connectivity index (χ4v) is 3.40. The zero-order chi connectivity index (χ0) is 18.1. The van der Waals surface area contributed by atoms with E-state index >= 15 is 0 Å². The average molecular weight is 356 g/mol. The van der Waals surface area contributed by atoms with Crippen LogP contribution in [-0.2, 0) is 11.3 Å². The Morgan fingerprint density at radius 2 is 2.04 bits per heavy atom. The molecule has 2 aromatic rings. The fraction of sp³-hybridized carbons (Fsp3) is 0.526. The smallest absolute Gasteiger partial charge is 0.337 e. The summed E-state index contributed by atoms with van der Waals surface area (Å²) in [7, 11) is 1.40. The topological polar surface area (TPSA) is 71.7 Å². The van der Waals surface area contributed by atoms with Gasteiger partial charge in [-0.15, -0.1) is 0 Å². The van der Waals surface area contributed by atoms with E-state index in [4.69, 9.17) is 9.26 Å². The van der Waals surface area contributed by atoms with Gasteiger partial charge in [-0.2, -0.15) is 4.98 Å². The Kier molecular flexibility index (Phi) is 4.63. The summed E-state index contributed by atoms with van der Waals surface area (Å²) < 4.78 is 10.2. The van der Waals surface area contributed by atoms with Crippen LogP contribution >= 0.6 is 0 Å². The van der Waals surface area contributed by atoms with Crippen molar-refractivity contribution in [1.82, 2.24) is 15.0 Å². The first-order valence-electron chi connectivity index (χ1n) is 9.14. The molecular formula is C19H24N4O3. The van der Waals surface area contributed by atoms with E-state index in [9.17, 15) is 4.79 Å². The molecule has 0 amide bonds. The number of aromatic nitrogens is 2. The molecular weight excluding hydrogens is 332 g/mol. The molecule has 1 aromatic carbocycles. The predicted molar refractivity (Wildman–Crippen MR) is 96.1 cm³/mol. The summed E-state index contributed by atoms with van der Waals surface area (Å²) in [6, 6.07) is 7.97. The first-order chi connectivity index (χ1) is 12.6. The van der Waals surface area contributed by atoms with Gasteiger partial charge in [0.05, 0.1) is 19.2 Å². The highest BCUT2D eigenvalue weighted by Crippen LogP contribution is 2.38. The highest BCUT2D eigenvalue weighted by atomic mass is 16.5. The Hall–Kier alpha value is -2.41. The molecule has 0 radical (unpaired) electrons. The molecule has 1 aromatic heterocycles. The second kappa shape index (κ2) is 7.07. The Labute approximate surface area is 152 Å². The van der Waals surface area contributed by atoms with Crippen molar-refractivity contribution in [2.75, 3.05) is 31.6 Å². The van der Waals surface area contributed by atoms with E-state index in [1.807, 2.05) is 24.3 Å². The van der Waals surface area contributed by atoms with Gasteiger partial charge in [0, 0.05) is 37.3 Å². The lowest BCUT2D eigenvalue weighted by atomic mass is 10.1. The van der Waals surface area contributed by atoms with Crippen molar-refractivity contribution in [2.45, 2.75) is 38.3 Å². The molecule has 1 atom stereocenters. The molecule has 1 unspecified atom stereocenters. The van der Waals surface area contributed by atoms with E-state index in [0.29, 0.717) is 24.1 Å². The summed E-state index contributed by atoms with van der Waals surface area (Å²) in [4.78, 5) is 20.8. The van der Waals surface area contributed by atoms with Gasteiger partial charge in [-0.25, -0.2) is 4.79 Å². The predicted octanol–water partition coefficient (Wildman–Crippen LogP) is 2.44. The number of rotatable bonds is 5. The van der Waals surface area contributed by atoms with Gasteiger partial charge in [0.1, 0.15) is 0 Å². The van der Waals surface area contributed by atoms with Gasteiger partial charge in [-0.1, -0.05) is 5.16 Å². The van der Waals surface area contributed by atoms with Crippen molar-refractivity contribution in [3.8, 4) is 0 Å². The molecule has 2 heterocycles. The molecule has 7 nitrogen and oxygen atoms in total. The molecule has 1 saturated carbocycles. The molecule has 138 valence electrons. The zero-order valence-corrected chi connectivity index (χ0v) is 15.2. The highest BCUT2D eigenvalue weighted by molar-refractivity contribution is 5.89. The van der Waals surface area contributed by atoms with Crippen molar-refractivity contribution in [3.63, 3.8) is 0 Å². The van der Waals surface area contributed by atoms with Crippen LogP contribution < -0.4 is 4.90 Å². The van der Waals surface area contributed by atoms with Gasteiger partial charge in [0.2, 0.25) is 5.89 Å². The van der Waals surface area contributed by atoms with Crippen LogP contribution in [0.4, 0.5) is 5.69 Å². The number of anilines is 1. The number of esters is 1. The third-order valence-corrected chi connectivity index (χ3v) is 5.18. The maximum atomic E-state index is 11.6. The van der Waals surface area contributed by atoms with Gasteiger partial charge >= 0.3 is 5.97 Å². The van der Waals surface area contributed by atoms with Crippen LogP contribution in [0, 0.1) is 0 Å². The number of benzene rings is 1. The lowest BCUT2D eigenvalue weighted by Gasteiger charge is -2.40.